The second-order valence-corrected chi connectivity index (χ2v) is 4.72. The monoisotopic (exact) mass is 296 g/mol. The van der Waals surface area contributed by atoms with Gasteiger partial charge in [0.05, 0.1) is 6.20 Å². The van der Waals surface area contributed by atoms with Crippen molar-refractivity contribution in [1.82, 2.24) is 15.0 Å². The average molecular weight is 296 g/mol. The van der Waals surface area contributed by atoms with Crippen molar-refractivity contribution in [3.8, 4) is 11.3 Å². The van der Waals surface area contributed by atoms with E-state index in [1.807, 2.05) is 30.3 Å². The highest BCUT2D eigenvalue weighted by Gasteiger charge is 2.07. The highest BCUT2D eigenvalue weighted by Crippen LogP contribution is 2.15. The number of rotatable bonds is 4. The van der Waals surface area contributed by atoms with Gasteiger partial charge in [-0.25, -0.2) is 9.07 Å². The topological polar surface area (TPSA) is 59.8 Å². The van der Waals surface area contributed by atoms with Crippen LogP contribution in [0.25, 0.3) is 11.3 Å². The fourth-order valence-corrected chi connectivity index (χ4v) is 2.00. The predicted octanol–water partition coefficient (Wildman–Crippen LogP) is 2.72. The molecule has 3 rings (SSSR count). The minimum Gasteiger partial charge on any atom is -0.324 e. The van der Waals surface area contributed by atoms with Crippen LogP contribution in [-0.4, -0.2) is 20.9 Å². The van der Waals surface area contributed by atoms with E-state index in [0.717, 1.165) is 5.56 Å². The second kappa shape index (κ2) is 6.17. The summed E-state index contributed by atoms with van der Waals surface area (Å²) < 4.78 is 14.3. The third-order valence-corrected chi connectivity index (χ3v) is 3.04. The van der Waals surface area contributed by atoms with Gasteiger partial charge in [-0.3, -0.25) is 4.79 Å². The molecule has 0 saturated carbocycles. The van der Waals surface area contributed by atoms with Gasteiger partial charge in [-0.15, -0.1) is 5.10 Å². The number of aromatic nitrogens is 3. The minimum atomic E-state index is -0.346. The van der Waals surface area contributed by atoms with Crippen LogP contribution < -0.4 is 5.32 Å². The minimum absolute atomic E-state index is 0.0389. The number of hydrogen-bond acceptors (Lipinski definition) is 3. The van der Waals surface area contributed by atoms with Gasteiger partial charge < -0.3 is 5.32 Å². The van der Waals surface area contributed by atoms with Crippen LogP contribution in [0.15, 0.2) is 60.8 Å². The summed E-state index contributed by atoms with van der Waals surface area (Å²) in [5.41, 5.74) is 2.18. The normalized spacial score (nSPS) is 10.4. The lowest BCUT2D eigenvalue weighted by Crippen LogP contribution is -2.19. The van der Waals surface area contributed by atoms with Gasteiger partial charge in [0.15, 0.2) is 0 Å². The van der Waals surface area contributed by atoms with Gasteiger partial charge in [-0.05, 0) is 24.3 Å². The van der Waals surface area contributed by atoms with Crippen LogP contribution >= 0.6 is 0 Å². The summed E-state index contributed by atoms with van der Waals surface area (Å²) in [5, 5.41) is 10.6. The highest BCUT2D eigenvalue weighted by molar-refractivity contribution is 5.90. The van der Waals surface area contributed by atoms with Crippen LogP contribution in [0.4, 0.5) is 10.1 Å². The van der Waals surface area contributed by atoms with Crippen LogP contribution in [0.3, 0.4) is 0 Å². The molecule has 0 spiro atoms. The number of anilines is 1. The Morgan fingerprint density at radius 2 is 1.82 bits per heavy atom. The molecule has 0 atom stereocenters. The SMILES string of the molecule is O=C(Cn1cc(-c2ccccc2)nn1)Nc1ccc(F)cc1. The third-order valence-electron chi connectivity index (χ3n) is 3.04. The first-order chi connectivity index (χ1) is 10.7. The maximum Gasteiger partial charge on any atom is 0.246 e. The molecule has 5 nitrogen and oxygen atoms in total. The Kier molecular flexibility index (Phi) is 3.91. The molecule has 0 aliphatic heterocycles. The number of benzene rings is 2. The molecular formula is C16H13FN4O. The van der Waals surface area contributed by atoms with E-state index in [-0.39, 0.29) is 18.3 Å². The number of nitrogens with zero attached hydrogens (tertiary/aromatic N) is 3. The molecule has 0 aliphatic carbocycles. The van der Waals surface area contributed by atoms with Crippen molar-refractivity contribution in [2.24, 2.45) is 0 Å². The summed E-state index contributed by atoms with van der Waals surface area (Å²) in [5.74, 6) is -0.599. The molecule has 6 heteroatoms. The van der Waals surface area contributed by atoms with E-state index in [1.54, 1.807) is 6.20 Å². The Hall–Kier alpha value is -3.02. The van der Waals surface area contributed by atoms with E-state index in [2.05, 4.69) is 15.6 Å². The summed E-state index contributed by atoms with van der Waals surface area (Å²) in [6.07, 6.45) is 1.71. The van der Waals surface area contributed by atoms with Crippen molar-refractivity contribution in [3.63, 3.8) is 0 Å². The molecule has 110 valence electrons. The first-order valence-electron chi connectivity index (χ1n) is 6.72. The summed E-state index contributed by atoms with van der Waals surface area (Å²) in [6, 6.07) is 15.2. The van der Waals surface area contributed by atoms with E-state index in [9.17, 15) is 9.18 Å². The molecule has 1 heterocycles. The molecule has 0 fully saturated rings. The fourth-order valence-electron chi connectivity index (χ4n) is 2.00. The second-order valence-electron chi connectivity index (χ2n) is 4.72. The van der Waals surface area contributed by atoms with Crippen molar-refractivity contribution in [1.29, 1.82) is 0 Å². The Bertz CT molecular complexity index is 768. The van der Waals surface area contributed by atoms with Crippen molar-refractivity contribution in [3.05, 3.63) is 66.6 Å². The van der Waals surface area contributed by atoms with Gasteiger partial charge in [-0.2, -0.15) is 0 Å². The summed E-state index contributed by atoms with van der Waals surface area (Å²) >= 11 is 0. The molecular weight excluding hydrogens is 283 g/mol. The summed E-state index contributed by atoms with van der Waals surface area (Å²) in [7, 11) is 0. The van der Waals surface area contributed by atoms with Gasteiger partial charge in [-0.1, -0.05) is 35.5 Å². The average Bonchev–Trinajstić information content (AvgIpc) is 2.99. The molecule has 1 aromatic heterocycles. The Balaban J connectivity index is 1.65. The van der Waals surface area contributed by atoms with E-state index >= 15 is 0 Å². The molecule has 0 bridgehead atoms. The van der Waals surface area contributed by atoms with E-state index in [4.69, 9.17) is 0 Å². The van der Waals surface area contributed by atoms with E-state index < -0.39 is 0 Å². The van der Waals surface area contributed by atoms with Crippen molar-refractivity contribution < 1.29 is 9.18 Å². The van der Waals surface area contributed by atoms with Gasteiger partial charge in [0, 0.05) is 11.3 Å². The predicted molar refractivity (Wildman–Crippen MR) is 80.5 cm³/mol. The quantitative estimate of drug-likeness (QED) is 0.805. The van der Waals surface area contributed by atoms with E-state index in [0.29, 0.717) is 11.4 Å². The number of carbonyl (C=O) groups excluding carboxylic acids is 1. The molecule has 1 N–H and O–H groups in total. The lowest BCUT2D eigenvalue weighted by atomic mass is 10.2. The number of nitrogens with one attached hydrogen (secondary N) is 1. The highest BCUT2D eigenvalue weighted by atomic mass is 19.1. The van der Waals surface area contributed by atoms with Crippen LogP contribution in [0.1, 0.15) is 0 Å². The molecule has 0 aliphatic rings. The van der Waals surface area contributed by atoms with Gasteiger partial charge in [0.1, 0.15) is 18.1 Å². The largest absolute Gasteiger partial charge is 0.324 e. The molecule has 0 radical (unpaired) electrons. The van der Waals surface area contributed by atoms with Crippen LogP contribution in [0.5, 0.6) is 0 Å². The molecule has 22 heavy (non-hydrogen) atoms. The Morgan fingerprint density at radius 1 is 1.09 bits per heavy atom. The van der Waals surface area contributed by atoms with E-state index in [1.165, 1.54) is 28.9 Å². The van der Waals surface area contributed by atoms with Crippen molar-refractivity contribution in [2.75, 3.05) is 5.32 Å². The molecule has 0 unspecified atom stereocenters. The Morgan fingerprint density at radius 3 is 2.55 bits per heavy atom. The van der Waals surface area contributed by atoms with Crippen LogP contribution in [-0.2, 0) is 11.3 Å². The zero-order valence-corrected chi connectivity index (χ0v) is 11.6. The van der Waals surface area contributed by atoms with Gasteiger partial charge in [0.25, 0.3) is 0 Å². The molecule has 3 aromatic rings. The lowest BCUT2D eigenvalue weighted by Gasteiger charge is -2.04. The zero-order valence-electron chi connectivity index (χ0n) is 11.6. The van der Waals surface area contributed by atoms with Crippen LogP contribution in [0.2, 0.25) is 0 Å². The summed E-state index contributed by atoms with van der Waals surface area (Å²) in [4.78, 5) is 11.9. The number of amides is 1. The molecule has 0 saturated heterocycles. The maximum absolute atomic E-state index is 12.8. The molecule has 2 aromatic carbocycles. The van der Waals surface area contributed by atoms with Crippen molar-refractivity contribution >= 4 is 11.6 Å². The standard InChI is InChI=1S/C16H13FN4O/c17-13-6-8-14(9-7-13)18-16(22)11-21-10-15(19-20-21)12-4-2-1-3-5-12/h1-10H,11H2,(H,18,22). The lowest BCUT2D eigenvalue weighted by molar-refractivity contribution is -0.116. The maximum atomic E-state index is 12.8. The fraction of sp³-hybridized carbons (Fsp3) is 0.0625. The third kappa shape index (κ3) is 3.35. The summed E-state index contributed by atoms with van der Waals surface area (Å²) in [6.45, 7) is 0.0389. The van der Waals surface area contributed by atoms with Crippen LogP contribution in [0, 0.1) is 5.82 Å². The smallest absolute Gasteiger partial charge is 0.246 e. The first kappa shape index (κ1) is 13.9. The number of halogens is 1. The van der Waals surface area contributed by atoms with Gasteiger partial charge in [0.2, 0.25) is 5.91 Å². The number of carbonyl (C=O) groups is 1. The zero-order chi connectivity index (χ0) is 15.4. The first-order valence-corrected chi connectivity index (χ1v) is 6.72. The number of hydrogen-bond donors (Lipinski definition) is 1. The molecule has 1 amide bonds. The van der Waals surface area contributed by atoms with Crippen molar-refractivity contribution in [2.45, 2.75) is 6.54 Å². The Labute approximate surface area is 126 Å². The van der Waals surface area contributed by atoms with Gasteiger partial charge >= 0.3 is 0 Å².